The van der Waals surface area contributed by atoms with Crippen molar-refractivity contribution in [1.82, 2.24) is 9.78 Å². The highest BCUT2D eigenvalue weighted by molar-refractivity contribution is 6.31. The van der Waals surface area contributed by atoms with Gasteiger partial charge in [-0.2, -0.15) is 5.10 Å². The Balaban J connectivity index is 1.51. The lowest BCUT2D eigenvalue weighted by molar-refractivity contribution is -0.146. The van der Waals surface area contributed by atoms with Crippen molar-refractivity contribution in [2.45, 2.75) is 43.6 Å². The molecule has 1 aromatic heterocycles. The standard InChI is InChI=1S/C22H26ClFN4O4/c1-28-20(25)18(21(30)26-14-3-4-16(24)15(23)7-14)19(27-28)11-5-12-8-22(31,9-13(12)6-11)10-17(29)32-2/h3-4,7,11-13,31H,5-6,8-10,25H2,1-2H3,(H,26,30). The van der Waals surface area contributed by atoms with E-state index in [2.05, 4.69) is 10.4 Å². The molecule has 172 valence electrons. The van der Waals surface area contributed by atoms with Gasteiger partial charge in [0.05, 0.1) is 29.8 Å². The molecule has 2 aliphatic carbocycles. The maximum atomic E-state index is 13.4. The molecule has 2 unspecified atom stereocenters. The van der Waals surface area contributed by atoms with E-state index in [4.69, 9.17) is 22.1 Å². The van der Waals surface area contributed by atoms with Crippen LogP contribution in [-0.4, -0.2) is 39.5 Å². The number of nitrogens with two attached hydrogens (primary N) is 1. The second kappa shape index (κ2) is 8.37. The number of hydrogen-bond acceptors (Lipinski definition) is 6. The molecule has 2 atom stereocenters. The number of nitrogens with zero attached hydrogens (tertiary/aromatic N) is 2. The predicted octanol–water partition coefficient (Wildman–Crippen LogP) is 3.24. The van der Waals surface area contributed by atoms with Crippen molar-refractivity contribution in [1.29, 1.82) is 0 Å². The fourth-order valence-corrected chi connectivity index (χ4v) is 5.50. The van der Waals surface area contributed by atoms with Gasteiger partial charge in [0.2, 0.25) is 0 Å². The quantitative estimate of drug-likeness (QED) is 0.584. The van der Waals surface area contributed by atoms with Gasteiger partial charge in [0.1, 0.15) is 17.2 Å². The molecule has 0 radical (unpaired) electrons. The zero-order valence-electron chi connectivity index (χ0n) is 17.9. The normalized spacial score (nSPS) is 26.7. The first kappa shape index (κ1) is 22.5. The minimum absolute atomic E-state index is 0.00809. The van der Waals surface area contributed by atoms with E-state index >= 15 is 0 Å². The summed E-state index contributed by atoms with van der Waals surface area (Å²) in [6.07, 6.45) is 2.51. The Morgan fingerprint density at radius 3 is 2.62 bits per heavy atom. The van der Waals surface area contributed by atoms with Crippen LogP contribution in [0.4, 0.5) is 15.9 Å². The second-order valence-electron chi connectivity index (χ2n) is 8.93. The average molecular weight is 465 g/mol. The van der Waals surface area contributed by atoms with Gasteiger partial charge < -0.3 is 20.9 Å². The van der Waals surface area contributed by atoms with Crippen molar-refractivity contribution in [3.8, 4) is 0 Å². The van der Waals surface area contributed by atoms with Crippen LogP contribution in [-0.2, 0) is 16.6 Å². The Labute approximate surface area is 189 Å². The number of fused-ring (bicyclic) bond motifs is 1. The van der Waals surface area contributed by atoms with Crippen molar-refractivity contribution in [2.75, 3.05) is 18.2 Å². The van der Waals surface area contributed by atoms with Gasteiger partial charge in [0.25, 0.3) is 5.91 Å². The Morgan fingerprint density at radius 2 is 2.03 bits per heavy atom. The lowest BCUT2D eigenvalue weighted by atomic mass is 9.90. The van der Waals surface area contributed by atoms with E-state index < -0.39 is 23.3 Å². The molecule has 2 fully saturated rings. The number of nitrogens with one attached hydrogen (secondary N) is 1. The van der Waals surface area contributed by atoms with E-state index in [1.54, 1.807) is 7.05 Å². The molecule has 32 heavy (non-hydrogen) atoms. The van der Waals surface area contributed by atoms with Crippen molar-refractivity contribution < 1.29 is 23.8 Å². The van der Waals surface area contributed by atoms with Gasteiger partial charge in [0, 0.05) is 18.7 Å². The molecule has 2 aliphatic rings. The van der Waals surface area contributed by atoms with E-state index in [9.17, 15) is 19.1 Å². The third-order valence-corrected chi connectivity index (χ3v) is 7.03. The average Bonchev–Trinajstić information content (AvgIpc) is 3.34. The number of carbonyl (C=O) groups excluding carboxylic acids is 2. The van der Waals surface area contributed by atoms with Crippen LogP contribution in [0, 0.1) is 17.7 Å². The van der Waals surface area contributed by atoms with Gasteiger partial charge in [0.15, 0.2) is 0 Å². The van der Waals surface area contributed by atoms with E-state index in [1.165, 1.54) is 30.0 Å². The van der Waals surface area contributed by atoms with Gasteiger partial charge in [-0.1, -0.05) is 11.6 Å². The van der Waals surface area contributed by atoms with Gasteiger partial charge in [-0.15, -0.1) is 0 Å². The molecule has 0 bridgehead atoms. The molecule has 0 spiro atoms. The molecule has 8 nitrogen and oxygen atoms in total. The van der Waals surface area contributed by atoms with Gasteiger partial charge in [-0.25, -0.2) is 4.39 Å². The first-order valence-corrected chi connectivity index (χ1v) is 10.9. The maximum absolute atomic E-state index is 13.4. The van der Waals surface area contributed by atoms with Crippen LogP contribution < -0.4 is 11.1 Å². The number of rotatable bonds is 5. The first-order valence-electron chi connectivity index (χ1n) is 10.5. The molecule has 4 N–H and O–H groups in total. The number of methoxy groups -OCH3 is 1. The zero-order valence-corrected chi connectivity index (χ0v) is 18.7. The van der Waals surface area contributed by atoms with Crippen LogP contribution in [0.15, 0.2) is 18.2 Å². The molecule has 2 saturated carbocycles. The molecule has 1 amide bonds. The molecular weight excluding hydrogens is 439 g/mol. The summed E-state index contributed by atoms with van der Waals surface area (Å²) in [6, 6.07) is 3.94. The SMILES string of the molecule is COC(=O)CC1(O)CC2CC(c3nn(C)c(N)c3C(=O)Nc3ccc(F)c(Cl)c3)CC2C1. The third kappa shape index (κ3) is 4.19. The highest BCUT2D eigenvalue weighted by Crippen LogP contribution is 2.55. The molecule has 0 aliphatic heterocycles. The van der Waals surface area contributed by atoms with Gasteiger partial charge in [-0.05, 0) is 55.7 Å². The molecule has 1 aromatic carbocycles. The van der Waals surface area contributed by atoms with Crippen LogP contribution in [0.3, 0.4) is 0 Å². The van der Waals surface area contributed by atoms with E-state index in [0.717, 1.165) is 12.8 Å². The molecule has 1 heterocycles. The number of esters is 1. The third-order valence-electron chi connectivity index (χ3n) is 6.74. The number of halogens is 2. The number of amides is 1. The van der Waals surface area contributed by atoms with E-state index in [1.807, 2.05) is 0 Å². The predicted molar refractivity (Wildman–Crippen MR) is 117 cm³/mol. The minimum Gasteiger partial charge on any atom is -0.469 e. The number of carbonyl (C=O) groups is 2. The number of nitrogen functional groups attached to an aromatic ring is 1. The minimum atomic E-state index is -1.04. The van der Waals surface area contributed by atoms with Crippen molar-refractivity contribution in [3.63, 3.8) is 0 Å². The fraction of sp³-hybridized carbons (Fsp3) is 0.500. The van der Waals surface area contributed by atoms with Gasteiger partial charge in [-0.3, -0.25) is 14.3 Å². The number of aliphatic hydroxyl groups is 1. The summed E-state index contributed by atoms with van der Waals surface area (Å²) >= 11 is 5.82. The summed E-state index contributed by atoms with van der Waals surface area (Å²) < 4.78 is 19.6. The maximum Gasteiger partial charge on any atom is 0.308 e. The molecule has 0 saturated heterocycles. The number of ether oxygens (including phenoxy) is 1. The molecule has 2 aromatic rings. The number of benzene rings is 1. The van der Waals surface area contributed by atoms with Crippen LogP contribution in [0.5, 0.6) is 0 Å². The largest absolute Gasteiger partial charge is 0.469 e. The lowest BCUT2D eigenvalue weighted by Gasteiger charge is -2.23. The van der Waals surface area contributed by atoms with Crippen LogP contribution in [0.25, 0.3) is 0 Å². The van der Waals surface area contributed by atoms with E-state index in [0.29, 0.717) is 29.8 Å². The highest BCUT2D eigenvalue weighted by atomic mass is 35.5. The molecule has 10 heteroatoms. The summed E-state index contributed by atoms with van der Waals surface area (Å²) in [5.41, 5.74) is 6.39. The summed E-state index contributed by atoms with van der Waals surface area (Å²) in [5.74, 6) is -0.724. The Bertz CT molecular complexity index is 1060. The lowest BCUT2D eigenvalue weighted by Crippen LogP contribution is -2.30. The topological polar surface area (TPSA) is 119 Å². The Hall–Kier alpha value is -2.65. The van der Waals surface area contributed by atoms with Crippen molar-refractivity contribution in [2.24, 2.45) is 18.9 Å². The highest BCUT2D eigenvalue weighted by Gasteiger charge is 2.50. The van der Waals surface area contributed by atoms with Crippen LogP contribution in [0.1, 0.15) is 54.1 Å². The van der Waals surface area contributed by atoms with Crippen molar-refractivity contribution in [3.05, 3.63) is 40.3 Å². The van der Waals surface area contributed by atoms with Crippen molar-refractivity contribution >= 4 is 35.0 Å². The monoisotopic (exact) mass is 464 g/mol. The fourth-order valence-electron chi connectivity index (χ4n) is 5.32. The summed E-state index contributed by atoms with van der Waals surface area (Å²) in [5, 5.41) is 18.0. The number of anilines is 2. The summed E-state index contributed by atoms with van der Waals surface area (Å²) in [6.45, 7) is 0. The Morgan fingerprint density at radius 1 is 1.38 bits per heavy atom. The first-order chi connectivity index (χ1) is 15.1. The molecule has 4 rings (SSSR count). The van der Waals surface area contributed by atoms with E-state index in [-0.39, 0.29) is 35.0 Å². The number of aromatic nitrogens is 2. The van der Waals surface area contributed by atoms with Crippen LogP contribution >= 0.6 is 11.6 Å². The van der Waals surface area contributed by atoms with Crippen LogP contribution in [0.2, 0.25) is 5.02 Å². The zero-order chi connectivity index (χ0) is 23.2. The number of hydrogen-bond donors (Lipinski definition) is 3. The molecular formula is C22H26ClFN4O4. The number of aryl methyl sites for hydroxylation is 1. The summed E-state index contributed by atoms with van der Waals surface area (Å²) in [7, 11) is 2.99. The Kier molecular flexibility index (Phi) is 5.89. The smallest absolute Gasteiger partial charge is 0.308 e. The second-order valence-corrected chi connectivity index (χ2v) is 9.33. The summed E-state index contributed by atoms with van der Waals surface area (Å²) in [4.78, 5) is 24.7. The van der Waals surface area contributed by atoms with Gasteiger partial charge >= 0.3 is 5.97 Å².